The van der Waals surface area contributed by atoms with Gasteiger partial charge in [-0.15, -0.1) is 0 Å². The number of aromatic nitrogens is 2. The second-order valence-corrected chi connectivity index (χ2v) is 8.68. The van der Waals surface area contributed by atoms with Gasteiger partial charge in [-0.1, -0.05) is 72.8 Å². The zero-order valence-corrected chi connectivity index (χ0v) is 20.5. The van der Waals surface area contributed by atoms with Crippen LogP contribution >= 0.6 is 0 Å². The van der Waals surface area contributed by atoms with Crippen LogP contribution < -0.4 is 9.47 Å². The smallest absolute Gasteiger partial charge is 0.341 e. The van der Waals surface area contributed by atoms with Crippen LogP contribution in [0.5, 0.6) is 11.5 Å². The third-order valence-corrected chi connectivity index (χ3v) is 5.90. The molecular weight excluding hydrogens is 483 g/mol. The molecule has 7 heteroatoms. The fourth-order valence-electron chi connectivity index (χ4n) is 4.11. The van der Waals surface area contributed by atoms with E-state index in [1.165, 1.54) is 12.1 Å². The molecule has 0 unspecified atom stereocenters. The molecule has 0 aliphatic carbocycles. The van der Waals surface area contributed by atoms with Gasteiger partial charge in [0.1, 0.15) is 23.9 Å². The number of nitrogens with zero attached hydrogens (tertiary/aromatic N) is 2. The minimum absolute atomic E-state index is 0.349. The maximum Gasteiger partial charge on any atom is 0.341 e. The Labute approximate surface area is 219 Å². The lowest BCUT2D eigenvalue weighted by Crippen LogP contribution is -2.10. The molecule has 0 spiro atoms. The third kappa shape index (κ3) is 6.07. The number of carboxylic acids is 1. The molecule has 5 aromatic rings. The van der Waals surface area contributed by atoms with Gasteiger partial charge < -0.3 is 14.6 Å². The van der Waals surface area contributed by atoms with Crippen molar-refractivity contribution in [2.75, 3.05) is 6.61 Å². The molecule has 0 amide bonds. The number of halogens is 1. The SMILES string of the molecule is O=C(O)COc1ccc(OCc2ccccc2)cc1-c1cc(-c2cccc(F)c2)n(Cc2ccccc2)n1. The van der Waals surface area contributed by atoms with E-state index in [1.807, 2.05) is 72.8 Å². The molecule has 0 saturated carbocycles. The lowest BCUT2D eigenvalue weighted by Gasteiger charge is -2.12. The monoisotopic (exact) mass is 508 g/mol. The van der Waals surface area contributed by atoms with E-state index in [2.05, 4.69) is 0 Å². The molecule has 0 aliphatic rings. The first-order valence-electron chi connectivity index (χ1n) is 12.1. The molecule has 0 bridgehead atoms. The molecule has 5 rings (SSSR count). The number of benzene rings is 4. The second kappa shape index (κ2) is 11.4. The summed E-state index contributed by atoms with van der Waals surface area (Å²) in [5, 5.41) is 14.0. The van der Waals surface area contributed by atoms with Crippen molar-refractivity contribution in [3.05, 3.63) is 126 Å². The Bertz CT molecular complexity index is 1530. The van der Waals surface area contributed by atoms with Crippen LogP contribution in [0.3, 0.4) is 0 Å². The van der Waals surface area contributed by atoms with Gasteiger partial charge in [0.25, 0.3) is 0 Å². The Kier molecular flexibility index (Phi) is 7.45. The summed E-state index contributed by atoms with van der Waals surface area (Å²) in [4.78, 5) is 11.2. The molecule has 4 aromatic carbocycles. The fourth-order valence-corrected chi connectivity index (χ4v) is 4.11. The third-order valence-electron chi connectivity index (χ3n) is 5.90. The van der Waals surface area contributed by atoms with Crippen LogP contribution in [0, 0.1) is 5.82 Å². The molecule has 0 radical (unpaired) electrons. The van der Waals surface area contributed by atoms with E-state index in [0.29, 0.717) is 47.2 Å². The van der Waals surface area contributed by atoms with Crippen LogP contribution in [0.2, 0.25) is 0 Å². The number of carbonyl (C=O) groups is 1. The number of hydrogen-bond donors (Lipinski definition) is 1. The van der Waals surface area contributed by atoms with Gasteiger partial charge in [-0.05, 0) is 47.5 Å². The minimum Gasteiger partial charge on any atom is -0.489 e. The van der Waals surface area contributed by atoms with Gasteiger partial charge in [0, 0.05) is 11.1 Å². The van der Waals surface area contributed by atoms with Crippen LogP contribution in [-0.2, 0) is 17.9 Å². The standard InChI is InChI=1S/C31H25FN2O4/c32-25-13-7-12-24(16-25)29-18-28(33-34(29)19-22-8-3-1-4-9-22)27-17-26(14-15-30(27)38-21-31(35)36)37-20-23-10-5-2-6-11-23/h1-18H,19-21H2,(H,35,36). The van der Waals surface area contributed by atoms with Gasteiger partial charge in [0.15, 0.2) is 6.61 Å². The van der Waals surface area contributed by atoms with E-state index in [0.717, 1.165) is 11.1 Å². The lowest BCUT2D eigenvalue weighted by molar-refractivity contribution is -0.139. The van der Waals surface area contributed by atoms with E-state index in [9.17, 15) is 14.3 Å². The molecule has 38 heavy (non-hydrogen) atoms. The van der Waals surface area contributed by atoms with Crippen molar-refractivity contribution < 1.29 is 23.8 Å². The maximum absolute atomic E-state index is 14.1. The van der Waals surface area contributed by atoms with Gasteiger partial charge in [0.2, 0.25) is 0 Å². The van der Waals surface area contributed by atoms with E-state index >= 15 is 0 Å². The molecule has 0 fully saturated rings. The van der Waals surface area contributed by atoms with Crippen molar-refractivity contribution in [2.45, 2.75) is 13.2 Å². The Hall–Kier alpha value is -4.91. The zero-order chi connectivity index (χ0) is 26.3. The number of rotatable bonds is 10. The van der Waals surface area contributed by atoms with Gasteiger partial charge >= 0.3 is 5.97 Å². The van der Waals surface area contributed by atoms with Gasteiger partial charge in [0.05, 0.1) is 17.9 Å². The first-order valence-corrected chi connectivity index (χ1v) is 12.1. The summed E-state index contributed by atoms with van der Waals surface area (Å²) in [6, 6.07) is 33.0. The molecule has 190 valence electrons. The summed E-state index contributed by atoms with van der Waals surface area (Å²) < 4.78 is 27.6. The highest BCUT2D eigenvalue weighted by atomic mass is 19.1. The van der Waals surface area contributed by atoms with Gasteiger partial charge in [-0.2, -0.15) is 5.10 Å². The Morgan fingerprint density at radius 3 is 2.26 bits per heavy atom. The molecule has 0 saturated heterocycles. The van der Waals surface area contributed by atoms with E-state index in [-0.39, 0.29) is 5.82 Å². The van der Waals surface area contributed by atoms with Crippen LogP contribution in [-0.4, -0.2) is 27.5 Å². The van der Waals surface area contributed by atoms with E-state index in [1.54, 1.807) is 28.9 Å². The molecule has 1 heterocycles. The summed E-state index contributed by atoms with van der Waals surface area (Å²) in [6.07, 6.45) is 0. The molecule has 0 atom stereocenters. The normalized spacial score (nSPS) is 10.8. The topological polar surface area (TPSA) is 73.6 Å². The predicted octanol–water partition coefficient (Wildman–Crippen LogP) is 6.45. The highest BCUT2D eigenvalue weighted by Gasteiger charge is 2.18. The average molecular weight is 509 g/mol. The number of ether oxygens (including phenoxy) is 2. The van der Waals surface area contributed by atoms with E-state index in [4.69, 9.17) is 14.6 Å². The van der Waals surface area contributed by atoms with Gasteiger partial charge in [-0.3, -0.25) is 4.68 Å². The Morgan fingerprint density at radius 2 is 1.55 bits per heavy atom. The van der Waals surface area contributed by atoms with Crippen molar-refractivity contribution in [1.29, 1.82) is 0 Å². The summed E-state index contributed by atoms with van der Waals surface area (Å²) in [5.41, 5.74) is 4.54. The predicted molar refractivity (Wildman–Crippen MR) is 143 cm³/mol. The summed E-state index contributed by atoms with van der Waals surface area (Å²) in [5.74, 6) is -0.500. The second-order valence-electron chi connectivity index (χ2n) is 8.68. The van der Waals surface area contributed by atoms with Crippen molar-refractivity contribution >= 4 is 5.97 Å². The van der Waals surface area contributed by atoms with Crippen molar-refractivity contribution in [2.24, 2.45) is 0 Å². The number of aliphatic carboxylic acids is 1. The lowest BCUT2D eigenvalue weighted by atomic mass is 10.1. The van der Waals surface area contributed by atoms with Crippen LogP contribution in [0.15, 0.2) is 109 Å². The first kappa shape index (κ1) is 24.8. The fraction of sp³-hybridized carbons (Fsp3) is 0.0968. The van der Waals surface area contributed by atoms with Crippen LogP contribution in [0.1, 0.15) is 11.1 Å². The summed E-state index contributed by atoms with van der Waals surface area (Å²) >= 11 is 0. The highest BCUT2D eigenvalue weighted by Crippen LogP contribution is 2.36. The maximum atomic E-state index is 14.1. The Balaban J connectivity index is 1.55. The number of carboxylic acid groups (broad SMARTS) is 1. The van der Waals surface area contributed by atoms with Crippen molar-refractivity contribution in [3.63, 3.8) is 0 Å². The van der Waals surface area contributed by atoms with E-state index < -0.39 is 12.6 Å². The first-order chi connectivity index (χ1) is 18.5. The molecule has 1 aromatic heterocycles. The summed E-state index contributed by atoms with van der Waals surface area (Å²) in [6.45, 7) is 0.327. The minimum atomic E-state index is -1.09. The van der Waals surface area contributed by atoms with Crippen LogP contribution in [0.25, 0.3) is 22.5 Å². The Morgan fingerprint density at radius 1 is 0.816 bits per heavy atom. The molecule has 0 aliphatic heterocycles. The number of hydrogen-bond acceptors (Lipinski definition) is 4. The quantitative estimate of drug-likeness (QED) is 0.235. The van der Waals surface area contributed by atoms with Crippen molar-refractivity contribution in [3.8, 4) is 34.0 Å². The molecular formula is C31H25FN2O4. The molecule has 6 nitrogen and oxygen atoms in total. The van der Waals surface area contributed by atoms with Crippen molar-refractivity contribution in [1.82, 2.24) is 9.78 Å². The summed E-state index contributed by atoms with van der Waals surface area (Å²) in [7, 11) is 0. The van der Waals surface area contributed by atoms with Crippen LogP contribution in [0.4, 0.5) is 4.39 Å². The zero-order valence-electron chi connectivity index (χ0n) is 20.5. The average Bonchev–Trinajstić information content (AvgIpc) is 3.35. The highest BCUT2D eigenvalue weighted by molar-refractivity contribution is 5.75. The van der Waals surface area contributed by atoms with Gasteiger partial charge in [-0.25, -0.2) is 9.18 Å². The molecule has 1 N–H and O–H groups in total. The largest absolute Gasteiger partial charge is 0.489 e.